The minimum Gasteiger partial charge on any atom is -0.347 e. The lowest BCUT2D eigenvalue weighted by Crippen LogP contribution is -2.62. The van der Waals surface area contributed by atoms with Crippen LogP contribution in [-0.2, 0) is 57.5 Å². The van der Waals surface area contributed by atoms with Crippen LogP contribution in [0.2, 0.25) is 0 Å². The average Bonchev–Trinajstić information content (AvgIpc) is 1.53. The second kappa shape index (κ2) is 31.0. The van der Waals surface area contributed by atoms with Crippen molar-refractivity contribution in [1.29, 1.82) is 0 Å². The van der Waals surface area contributed by atoms with E-state index in [0.717, 1.165) is 25.7 Å². The summed E-state index contributed by atoms with van der Waals surface area (Å²) in [6, 6.07) is 9.19. The van der Waals surface area contributed by atoms with Gasteiger partial charge in [-0.1, -0.05) is 156 Å². The molecule has 2 aromatic rings. The topological polar surface area (TPSA) is 357 Å². The number of Topliss-reactive ketones (excluding diaryl/α,β-unsaturated/α-hetero) is 2. The first kappa shape index (κ1) is 79.0. The van der Waals surface area contributed by atoms with Crippen LogP contribution in [0.15, 0.2) is 60.7 Å². The number of benzene rings is 2. The van der Waals surface area contributed by atoms with Gasteiger partial charge in [0, 0.05) is 46.8 Å². The molecule has 4 aliphatic carbocycles. The Hall–Kier alpha value is -8.00. The Morgan fingerprint density at radius 1 is 0.520 bits per heavy atom. The number of nitrogens with zero attached hydrogens (tertiary/aromatic N) is 4. The van der Waals surface area contributed by atoms with Crippen molar-refractivity contribution >= 4 is 89.1 Å². The number of rotatable bonds is 25. The molecule has 6 fully saturated rings. The fourth-order valence-corrected chi connectivity index (χ4v) is 13.5. The van der Waals surface area contributed by atoms with Gasteiger partial charge < -0.3 is 67.9 Å². The molecule has 0 radical (unpaired) electrons. The fraction of sp³-hybridized carbons (Fsp3) is 0.648. The van der Waals surface area contributed by atoms with Crippen molar-refractivity contribution in [2.45, 2.75) is 182 Å². The number of nitrogens with two attached hydrogens (primary N) is 1. The van der Waals surface area contributed by atoms with Crippen molar-refractivity contribution in [3.8, 4) is 0 Å². The molecule has 26 nitrogen and oxygen atoms in total. The number of carbonyl (C=O) groups excluding carboxylic acids is 13. The van der Waals surface area contributed by atoms with Crippen molar-refractivity contribution in [2.75, 3.05) is 54.4 Å². The van der Waals surface area contributed by atoms with Crippen LogP contribution in [0.25, 0.3) is 0 Å². The van der Waals surface area contributed by atoms with E-state index < -0.39 is 137 Å². The third-order valence-electron chi connectivity index (χ3n) is 19.9. The molecule has 2 aliphatic heterocycles. The molecule has 8 rings (SSSR count). The Bertz CT molecular complexity index is 3340. The first-order valence-electron chi connectivity index (χ1n) is 33.8. The van der Waals surface area contributed by atoms with E-state index in [0.29, 0.717) is 24.2 Å². The highest BCUT2D eigenvalue weighted by molar-refractivity contribution is 6.39. The second-order valence-electron chi connectivity index (χ2n) is 32.1. The highest BCUT2D eigenvalue weighted by atomic mass is 35.5. The van der Waals surface area contributed by atoms with E-state index in [2.05, 4.69) is 56.4 Å². The third kappa shape index (κ3) is 19.5. The number of nitrogens with one attached hydrogen (secondary N) is 8. The van der Waals surface area contributed by atoms with Gasteiger partial charge >= 0.3 is 6.03 Å². The standard InChI is InChI=1S/C38H57N7O7.C33H48N6O6.ClH/c1-36(2,3)30(42-35(52)43-37(4,5)6)34(51)45-20-23-26(38(23,7)8)28(45)31(48)40-24(18-21-16-17-21)29(47)32(49)39-19-25(46)41-27(33(50)44(9)10)22-14-12-11-13-15-22;1-32(2,3)27(34)31(45)39-17-20-23(33(20,4)5)25(39)28(42)36-21(15-18-13-14-18)26(41)29(43)35-16-22(40)37-24(30(44)38(6)7)19-11-9-8-10-12-19;/h11-15,21,23-24,26-28,30H,16-20H2,1-10H3,(H,39,49)(H,40,48)(H,41,46)(H2,42,43,52);8-12,18,20-21,23-25,27H,13-17,34H2,1-7H3,(H,35,43)(H,36,42)(H,37,40);1H/t23?,24?,26-,27-,28-,30?;20?,21?,23-,24-,25-,27?;/m00./s1. The molecule has 0 aromatic heterocycles. The number of hydrogen-bond donors (Lipinski definition) is 9. The van der Waals surface area contributed by atoms with Crippen LogP contribution in [-0.4, -0.2) is 192 Å². The number of likely N-dealkylation sites (tertiary alicyclic amines) is 2. The van der Waals surface area contributed by atoms with Crippen LogP contribution in [0.5, 0.6) is 0 Å². The van der Waals surface area contributed by atoms with Gasteiger partial charge in [-0.3, -0.25) is 57.5 Å². The molecule has 98 heavy (non-hydrogen) atoms. The van der Waals surface area contributed by atoms with Gasteiger partial charge in [0.1, 0.15) is 30.2 Å². The van der Waals surface area contributed by atoms with E-state index in [-0.39, 0.29) is 89.3 Å². The summed E-state index contributed by atoms with van der Waals surface area (Å²) in [5, 5.41) is 21.3. The monoisotopic (exact) mass is 1380 g/mol. The lowest BCUT2D eigenvalue weighted by atomic mass is 9.85. The van der Waals surface area contributed by atoms with Gasteiger partial charge in [-0.2, -0.15) is 0 Å². The van der Waals surface area contributed by atoms with E-state index in [1.165, 1.54) is 14.7 Å². The molecular weight excluding hydrogens is 1280 g/mol. The highest BCUT2D eigenvalue weighted by Crippen LogP contribution is 2.66. The number of ketones is 2. The number of fused-ring (bicyclic) bond motifs is 2. The maximum Gasteiger partial charge on any atom is 0.315 e. The number of likely N-dealkylation sites (N-methyl/N-ethyl adjacent to an activating group) is 2. The smallest absolute Gasteiger partial charge is 0.315 e. The van der Waals surface area contributed by atoms with Gasteiger partial charge in [0.15, 0.2) is 0 Å². The average molecular weight is 1390 g/mol. The summed E-state index contributed by atoms with van der Waals surface area (Å²) in [7, 11) is 6.28. The molecule has 10 N–H and O–H groups in total. The molecular formula is C71H106ClN13O13. The first-order valence-corrected chi connectivity index (χ1v) is 33.8. The molecule has 0 bridgehead atoms. The first-order chi connectivity index (χ1) is 45.0. The maximum atomic E-state index is 14.2. The number of halogens is 1. The van der Waals surface area contributed by atoms with Crippen LogP contribution >= 0.6 is 12.4 Å². The van der Waals surface area contributed by atoms with Crippen LogP contribution in [0.3, 0.4) is 0 Å². The lowest BCUT2D eigenvalue weighted by Gasteiger charge is -2.38. The predicted octanol–water partition coefficient (Wildman–Crippen LogP) is 3.08. The largest absolute Gasteiger partial charge is 0.347 e. The second-order valence-corrected chi connectivity index (χ2v) is 32.1. The summed E-state index contributed by atoms with van der Waals surface area (Å²) in [5.74, 6) is -7.27. The zero-order valence-electron chi connectivity index (χ0n) is 60.0. The quantitative estimate of drug-likeness (QED) is 0.0646. The molecule has 540 valence electrons. The highest BCUT2D eigenvalue weighted by Gasteiger charge is 2.71. The van der Waals surface area contributed by atoms with Gasteiger partial charge in [-0.15, -0.1) is 12.4 Å². The van der Waals surface area contributed by atoms with E-state index in [1.54, 1.807) is 93.8 Å². The number of carbonyl (C=O) groups is 13. The van der Waals surface area contributed by atoms with Crippen LogP contribution in [0.1, 0.15) is 152 Å². The minimum absolute atomic E-state index is 0. The summed E-state index contributed by atoms with van der Waals surface area (Å²) in [6.07, 6.45) is 4.01. The van der Waals surface area contributed by atoms with Crippen molar-refractivity contribution < 1.29 is 62.3 Å². The fourth-order valence-electron chi connectivity index (χ4n) is 13.5. The third-order valence-corrected chi connectivity index (χ3v) is 19.9. The van der Waals surface area contributed by atoms with E-state index in [4.69, 9.17) is 5.73 Å². The number of hydrogen-bond acceptors (Lipinski definition) is 14. The van der Waals surface area contributed by atoms with Crippen molar-refractivity contribution in [2.24, 2.45) is 62.9 Å². The maximum absolute atomic E-state index is 14.2. The van der Waals surface area contributed by atoms with E-state index >= 15 is 0 Å². The Morgan fingerprint density at radius 2 is 0.878 bits per heavy atom. The van der Waals surface area contributed by atoms with Crippen LogP contribution in [0, 0.1) is 57.2 Å². The van der Waals surface area contributed by atoms with Gasteiger partial charge in [-0.25, -0.2) is 4.79 Å². The molecule has 2 aromatic carbocycles. The molecule has 2 saturated heterocycles. The molecule has 6 aliphatic rings. The van der Waals surface area contributed by atoms with Crippen LogP contribution < -0.4 is 48.3 Å². The van der Waals surface area contributed by atoms with Gasteiger partial charge in [0.25, 0.3) is 11.8 Å². The summed E-state index contributed by atoms with van der Waals surface area (Å²) in [6.45, 7) is 24.5. The van der Waals surface area contributed by atoms with E-state index in [9.17, 15) is 62.3 Å². The Morgan fingerprint density at radius 3 is 1.19 bits per heavy atom. The number of amides is 12. The van der Waals surface area contributed by atoms with Gasteiger partial charge in [0.05, 0.1) is 31.2 Å². The number of piperidine rings is 2. The lowest BCUT2D eigenvalue weighted by molar-refractivity contribution is -0.145. The molecule has 0 spiro atoms. The van der Waals surface area contributed by atoms with Crippen molar-refractivity contribution in [3.63, 3.8) is 0 Å². The van der Waals surface area contributed by atoms with Gasteiger partial charge in [-0.05, 0) is 102 Å². The predicted molar refractivity (Wildman–Crippen MR) is 368 cm³/mol. The SMILES string of the molecule is CN(C)C(=O)[C@@H](NC(=O)CNC(=O)C(=O)C(CC1CC1)NC(=O)[C@@H]1[C@@H]2C(CN1C(=O)C(N)C(C)(C)C)C2(C)C)c1ccccc1.CN(C)C(=O)[C@@H](NC(=O)CNC(=O)C(=O)C(CC1CC1)NC(=O)[C@@H]1[C@@H]2C(CN1C(=O)C(NC(=O)NC(C)(C)C)C(C)(C)C)C2(C)C)c1ccccc1.Cl. The molecule has 2 heterocycles. The molecule has 6 unspecified atom stereocenters. The zero-order valence-corrected chi connectivity index (χ0v) is 60.8. The zero-order chi connectivity index (χ0) is 72.4. The van der Waals surface area contributed by atoms with Crippen molar-refractivity contribution in [1.82, 2.24) is 62.1 Å². The van der Waals surface area contributed by atoms with Crippen LogP contribution in [0.4, 0.5) is 4.79 Å². The van der Waals surface area contributed by atoms with Crippen molar-refractivity contribution in [3.05, 3.63) is 71.8 Å². The molecule has 12 amide bonds. The molecule has 12 atom stereocenters. The van der Waals surface area contributed by atoms with Gasteiger partial charge in [0.2, 0.25) is 58.8 Å². The summed E-state index contributed by atoms with van der Waals surface area (Å²) >= 11 is 0. The Labute approximate surface area is 582 Å². The minimum atomic E-state index is -1.16. The number of urea groups is 1. The summed E-state index contributed by atoms with van der Waals surface area (Å²) in [4.78, 5) is 179. The Balaban J connectivity index is 0.000000309. The Kier molecular flexibility index (Phi) is 25.0. The normalized spacial score (nSPS) is 22.6. The molecule has 4 saturated carbocycles. The summed E-state index contributed by atoms with van der Waals surface area (Å²) in [5.41, 5.74) is 5.33. The summed E-state index contributed by atoms with van der Waals surface area (Å²) < 4.78 is 0. The molecule has 27 heteroatoms. The van der Waals surface area contributed by atoms with E-state index in [1.807, 2.05) is 76.2 Å².